The lowest BCUT2D eigenvalue weighted by Gasteiger charge is -2.34. The highest BCUT2D eigenvalue weighted by atomic mass is 16.3. The summed E-state index contributed by atoms with van der Waals surface area (Å²) >= 11 is 0. The lowest BCUT2D eigenvalue weighted by Crippen LogP contribution is -2.34. The summed E-state index contributed by atoms with van der Waals surface area (Å²) in [6.45, 7) is 3.00. The molecule has 0 aliphatic heterocycles. The molecule has 1 aromatic carbocycles. The highest BCUT2D eigenvalue weighted by molar-refractivity contribution is 5.35. The number of hydrogen-bond donors (Lipinski definition) is 1. The molecule has 3 rings (SSSR count). The van der Waals surface area contributed by atoms with Crippen molar-refractivity contribution in [2.45, 2.75) is 44.8 Å². The van der Waals surface area contributed by atoms with Crippen molar-refractivity contribution in [3.63, 3.8) is 0 Å². The van der Waals surface area contributed by atoms with Gasteiger partial charge in [-0.25, -0.2) is 4.98 Å². The van der Waals surface area contributed by atoms with Crippen LogP contribution < -0.4 is 0 Å². The lowest BCUT2D eigenvalue weighted by molar-refractivity contribution is 0.0164. The van der Waals surface area contributed by atoms with Gasteiger partial charge in [0.05, 0.1) is 5.60 Å². The molecule has 0 saturated heterocycles. The molecule has 0 spiro atoms. The van der Waals surface area contributed by atoms with Crippen molar-refractivity contribution in [2.75, 3.05) is 0 Å². The van der Waals surface area contributed by atoms with Crippen LogP contribution >= 0.6 is 0 Å². The Morgan fingerprint density at radius 3 is 3.05 bits per heavy atom. The van der Waals surface area contributed by atoms with Crippen molar-refractivity contribution >= 4 is 0 Å². The van der Waals surface area contributed by atoms with Crippen LogP contribution in [-0.4, -0.2) is 14.7 Å². The number of fused-ring (bicyclic) bond motifs is 1. The SMILES string of the molecule is CCn1ccnc1CC1(O)CCCc2ccccc21. The van der Waals surface area contributed by atoms with E-state index in [9.17, 15) is 5.11 Å². The zero-order chi connectivity index (χ0) is 13.3. The highest BCUT2D eigenvalue weighted by Crippen LogP contribution is 2.37. The molecule has 3 nitrogen and oxygen atoms in total. The minimum absolute atomic E-state index is 0.602. The Kier molecular flexibility index (Phi) is 3.15. The van der Waals surface area contributed by atoms with Crippen LogP contribution in [0.1, 0.15) is 36.7 Å². The molecule has 0 bridgehead atoms. The quantitative estimate of drug-likeness (QED) is 0.917. The third-order valence-corrected chi connectivity index (χ3v) is 4.15. The van der Waals surface area contributed by atoms with E-state index in [1.54, 1.807) is 0 Å². The second kappa shape index (κ2) is 4.82. The first-order valence-corrected chi connectivity index (χ1v) is 7.04. The van der Waals surface area contributed by atoms with Crippen LogP contribution in [0.4, 0.5) is 0 Å². The number of rotatable bonds is 3. The molecule has 1 aliphatic carbocycles. The number of benzene rings is 1. The third kappa shape index (κ3) is 2.19. The van der Waals surface area contributed by atoms with Gasteiger partial charge in [-0.15, -0.1) is 0 Å². The molecule has 1 heterocycles. The van der Waals surface area contributed by atoms with E-state index in [0.717, 1.165) is 37.2 Å². The number of aryl methyl sites for hydroxylation is 2. The van der Waals surface area contributed by atoms with E-state index in [-0.39, 0.29) is 0 Å². The van der Waals surface area contributed by atoms with Crippen molar-refractivity contribution in [3.8, 4) is 0 Å². The van der Waals surface area contributed by atoms with Gasteiger partial charge >= 0.3 is 0 Å². The van der Waals surface area contributed by atoms with Crippen LogP contribution in [0, 0.1) is 0 Å². The molecule has 0 radical (unpaired) electrons. The average Bonchev–Trinajstić information content (AvgIpc) is 2.86. The molecule has 100 valence electrons. The van der Waals surface area contributed by atoms with Crippen molar-refractivity contribution in [1.82, 2.24) is 9.55 Å². The van der Waals surface area contributed by atoms with Gasteiger partial charge in [0.25, 0.3) is 0 Å². The molecule has 1 aliphatic rings. The average molecular weight is 256 g/mol. The Labute approximate surface area is 113 Å². The Morgan fingerprint density at radius 2 is 2.21 bits per heavy atom. The highest BCUT2D eigenvalue weighted by Gasteiger charge is 2.35. The third-order valence-electron chi connectivity index (χ3n) is 4.15. The normalized spacial score (nSPS) is 22.2. The maximum Gasteiger partial charge on any atom is 0.111 e. The molecule has 1 aromatic heterocycles. The predicted octanol–water partition coefficient (Wildman–Crippen LogP) is 2.67. The van der Waals surface area contributed by atoms with Crippen LogP contribution in [0.3, 0.4) is 0 Å². The molecule has 0 amide bonds. The largest absolute Gasteiger partial charge is 0.385 e. The van der Waals surface area contributed by atoms with Gasteiger partial charge in [0.15, 0.2) is 0 Å². The van der Waals surface area contributed by atoms with Gasteiger partial charge in [0.1, 0.15) is 5.82 Å². The zero-order valence-corrected chi connectivity index (χ0v) is 11.3. The molecular formula is C16H20N2O. The van der Waals surface area contributed by atoms with E-state index in [1.165, 1.54) is 5.56 Å². The molecular weight excluding hydrogens is 236 g/mol. The topological polar surface area (TPSA) is 38.0 Å². The summed E-state index contributed by atoms with van der Waals surface area (Å²) < 4.78 is 2.11. The molecule has 0 fully saturated rings. The summed E-state index contributed by atoms with van der Waals surface area (Å²) in [4.78, 5) is 4.40. The Balaban J connectivity index is 1.96. The van der Waals surface area contributed by atoms with Gasteiger partial charge in [0.2, 0.25) is 0 Å². The Bertz CT molecular complexity index is 576. The van der Waals surface area contributed by atoms with Crippen LogP contribution in [0.2, 0.25) is 0 Å². The smallest absolute Gasteiger partial charge is 0.111 e. The van der Waals surface area contributed by atoms with Gasteiger partial charge in [-0.1, -0.05) is 24.3 Å². The standard InChI is InChI=1S/C16H20N2O/c1-2-18-11-10-17-15(18)12-16(19)9-5-7-13-6-3-4-8-14(13)16/h3-4,6,8,10-11,19H,2,5,7,9,12H2,1H3. The molecule has 19 heavy (non-hydrogen) atoms. The summed E-state index contributed by atoms with van der Waals surface area (Å²) in [5, 5.41) is 11.1. The van der Waals surface area contributed by atoms with Gasteiger partial charge < -0.3 is 9.67 Å². The number of nitrogens with zero attached hydrogens (tertiary/aromatic N) is 2. The predicted molar refractivity (Wildman–Crippen MR) is 74.9 cm³/mol. The van der Waals surface area contributed by atoms with Gasteiger partial charge in [-0.3, -0.25) is 0 Å². The first-order valence-electron chi connectivity index (χ1n) is 7.04. The Hall–Kier alpha value is -1.61. The van der Waals surface area contributed by atoms with Crippen LogP contribution in [0.5, 0.6) is 0 Å². The minimum atomic E-state index is -0.757. The molecule has 0 saturated carbocycles. The number of aromatic nitrogens is 2. The van der Waals surface area contributed by atoms with E-state index in [4.69, 9.17) is 0 Å². The van der Waals surface area contributed by atoms with Crippen molar-refractivity contribution in [1.29, 1.82) is 0 Å². The molecule has 3 heteroatoms. The van der Waals surface area contributed by atoms with Crippen LogP contribution in [0.25, 0.3) is 0 Å². The van der Waals surface area contributed by atoms with Crippen molar-refractivity contribution in [3.05, 3.63) is 53.6 Å². The Morgan fingerprint density at radius 1 is 1.37 bits per heavy atom. The monoisotopic (exact) mass is 256 g/mol. The summed E-state index contributed by atoms with van der Waals surface area (Å²) in [5.74, 6) is 0.974. The van der Waals surface area contributed by atoms with Gasteiger partial charge in [-0.2, -0.15) is 0 Å². The van der Waals surface area contributed by atoms with E-state index >= 15 is 0 Å². The summed E-state index contributed by atoms with van der Waals surface area (Å²) in [7, 11) is 0. The molecule has 2 aromatic rings. The van der Waals surface area contributed by atoms with Crippen molar-refractivity contribution in [2.24, 2.45) is 0 Å². The number of imidazole rings is 1. The van der Waals surface area contributed by atoms with E-state index < -0.39 is 5.60 Å². The maximum absolute atomic E-state index is 11.1. The summed E-state index contributed by atoms with van der Waals surface area (Å²) in [5.41, 5.74) is 1.62. The van der Waals surface area contributed by atoms with Crippen molar-refractivity contribution < 1.29 is 5.11 Å². The zero-order valence-electron chi connectivity index (χ0n) is 11.3. The number of aliphatic hydroxyl groups is 1. The summed E-state index contributed by atoms with van der Waals surface area (Å²) in [6, 6.07) is 8.26. The van der Waals surface area contributed by atoms with E-state index in [0.29, 0.717) is 6.42 Å². The molecule has 1 unspecified atom stereocenters. The fourth-order valence-electron chi connectivity index (χ4n) is 3.14. The molecule has 1 atom stereocenters. The first-order chi connectivity index (χ1) is 9.23. The fourth-order valence-corrected chi connectivity index (χ4v) is 3.14. The molecule has 1 N–H and O–H groups in total. The van der Waals surface area contributed by atoms with Gasteiger partial charge in [0, 0.05) is 25.4 Å². The van der Waals surface area contributed by atoms with Crippen LogP contribution in [-0.2, 0) is 25.0 Å². The fraction of sp³-hybridized carbons (Fsp3) is 0.438. The van der Waals surface area contributed by atoms with E-state index in [1.807, 2.05) is 18.5 Å². The second-order valence-corrected chi connectivity index (χ2v) is 5.35. The number of hydrogen-bond acceptors (Lipinski definition) is 2. The second-order valence-electron chi connectivity index (χ2n) is 5.35. The van der Waals surface area contributed by atoms with Gasteiger partial charge in [-0.05, 0) is 37.3 Å². The first kappa shape index (κ1) is 12.4. The lowest BCUT2D eigenvalue weighted by atomic mass is 9.77. The minimum Gasteiger partial charge on any atom is -0.385 e. The van der Waals surface area contributed by atoms with E-state index in [2.05, 4.69) is 34.7 Å². The summed E-state index contributed by atoms with van der Waals surface area (Å²) in [6.07, 6.45) is 7.33. The van der Waals surface area contributed by atoms with Crippen LogP contribution in [0.15, 0.2) is 36.7 Å². The maximum atomic E-state index is 11.1.